The molecule has 0 saturated carbocycles. The van der Waals surface area contributed by atoms with Crippen molar-refractivity contribution in [3.63, 3.8) is 0 Å². The van der Waals surface area contributed by atoms with Gasteiger partial charge in [-0.3, -0.25) is 9.78 Å². The molecule has 0 spiro atoms. The van der Waals surface area contributed by atoms with Crippen LogP contribution in [0, 0.1) is 0 Å². The van der Waals surface area contributed by atoms with Crippen LogP contribution >= 0.6 is 0 Å². The molecular formula is C16H19N3O2. The monoisotopic (exact) mass is 285 g/mol. The highest BCUT2D eigenvalue weighted by molar-refractivity contribution is 5.78. The molecule has 1 heterocycles. The molecule has 0 radical (unpaired) electrons. The zero-order valence-corrected chi connectivity index (χ0v) is 12.0. The molecule has 0 aliphatic heterocycles. The predicted octanol–water partition coefficient (Wildman–Crippen LogP) is 1.80. The SMILES string of the molecule is CC(NC(=O)COc1ccccc1CN)c1ccncc1. The first-order valence-electron chi connectivity index (χ1n) is 6.80. The average Bonchev–Trinajstić information content (AvgIpc) is 2.54. The van der Waals surface area contributed by atoms with Crippen molar-refractivity contribution in [1.29, 1.82) is 0 Å². The Morgan fingerprint density at radius 3 is 2.71 bits per heavy atom. The number of nitrogens with zero attached hydrogens (tertiary/aromatic N) is 1. The van der Waals surface area contributed by atoms with E-state index in [1.54, 1.807) is 12.4 Å². The van der Waals surface area contributed by atoms with Gasteiger partial charge in [0.25, 0.3) is 5.91 Å². The zero-order chi connectivity index (χ0) is 15.1. The second kappa shape index (κ2) is 7.40. The van der Waals surface area contributed by atoms with E-state index in [1.165, 1.54) is 0 Å². The number of aromatic nitrogens is 1. The van der Waals surface area contributed by atoms with E-state index in [0.29, 0.717) is 12.3 Å². The van der Waals surface area contributed by atoms with E-state index < -0.39 is 0 Å². The molecule has 1 aromatic heterocycles. The van der Waals surface area contributed by atoms with Crippen molar-refractivity contribution < 1.29 is 9.53 Å². The standard InChI is InChI=1S/C16H19N3O2/c1-12(13-6-8-18-9-7-13)19-16(20)11-21-15-5-3-2-4-14(15)10-17/h2-9,12H,10-11,17H2,1H3,(H,19,20). The summed E-state index contributed by atoms with van der Waals surface area (Å²) in [7, 11) is 0. The molecule has 3 N–H and O–H groups in total. The predicted molar refractivity (Wildman–Crippen MR) is 80.6 cm³/mol. The fourth-order valence-corrected chi connectivity index (χ4v) is 1.98. The highest BCUT2D eigenvalue weighted by Crippen LogP contribution is 2.17. The summed E-state index contributed by atoms with van der Waals surface area (Å²) >= 11 is 0. The van der Waals surface area contributed by atoms with Gasteiger partial charge in [0.2, 0.25) is 0 Å². The second-order valence-electron chi connectivity index (χ2n) is 4.67. The van der Waals surface area contributed by atoms with E-state index in [9.17, 15) is 4.79 Å². The van der Waals surface area contributed by atoms with Gasteiger partial charge < -0.3 is 15.8 Å². The van der Waals surface area contributed by atoms with Crippen molar-refractivity contribution in [3.8, 4) is 5.75 Å². The maximum Gasteiger partial charge on any atom is 0.258 e. The summed E-state index contributed by atoms with van der Waals surface area (Å²) in [6, 6.07) is 11.1. The van der Waals surface area contributed by atoms with E-state index >= 15 is 0 Å². The number of ether oxygens (including phenoxy) is 1. The van der Waals surface area contributed by atoms with Gasteiger partial charge in [0, 0.05) is 24.5 Å². The van der Waals surface area contributed by atoms with Gasteiger partial charge >= 0.3 is 0 Å². The fourth-order valence-electron chi connectivity index (χ4n) is 1.98. The average molecular weight is 285 g/mol. The number of carbonyl (C=O) groups excluding carboxylic acids is 1. The number of nitrogens with one attached hydrogen (secondary N) is 1. The molecule has 0 fully saturated rings. The fraction of sp³-hybridized carbons (Fsp3) is 0.250. The molecule has 1 unspecified atom stereocenters. The van der Waals surface area contributed by atoms with Crippen molar-refractivity contribution in [2.45, 2.75) is 19.5 Å². The van der Waals surface area contributed by atoms with Crippen LogP contribution in [0.2, 0.25) is 0 Å². The molecule has 2 aromatic rings. The van der Waals surface area contributed by atoms with E-state index in [2.05, 4.69) is 10.3 Å². The van der Waals surface area contributed by atoms with Crippen molar-refractivity contribution >= 4 is 5.91 Å². The van der Waals surface area contributed by atoms with Crippen LogP contribution in [0.3, 0.4) is 0 Å². The molecule has 1 amide bonds. The Morgan fingerprint density at radius 1 is 1.29 bits per heavy atom. The molecule has 0 bridgehead atoms. The van der Waals surface area contributed by atoms with Crippen LogP contribution in [-0.2, 0) is 11.3 Å². The highest BCUT2D eigenvalue weighted by Gasteiger charge is 2.10. The Balaban J connectivity index is 1.88. The van der Waals surface area contributed by atoms with Gasteiger partial charge in [-0.05, 0) is 30.7 Å². The quantitative estimate of drug-likeness (QED) is 0.848. The first-order valence-corrected chi connectivity index (χ1v) is 6.80. The van der Waals surface area contributed by atoms with E-state index in [4.69, 9.17) is 10.5 Å². The number of benzene rings is 1. The van der Waals surface area contributed by atoms with Crippen LogP contribution in [-0.4, -0.2) is 17.5 Å². The number of amides is 1. The maximum absolute atomic E-state index is 11.9. The van der Waals surface area contributed by atoms with Crippen LogP contribution in [0.15, 0.2) is 48.8 Å². The van der Waals surface area contributed by atoms with E-state index in [0.717, 1.165) is 11.1 Å². The van der Waals surface area contributed by atoms with Crippen LogP contribution < -0.4 is 15.8 Å². The van der Waals surface area contributed by atoms with Gasteiger partial charge in [-0.25, -0.2) is 0 Å². The third kappa shape index (κ3) is 4.29. The molecule has 1 aromatic carbocycles. The third-order valence-corrected chi connectivity index (χ3v) is 3.13. The number of pyridine rings is 1. The first kappa shape index (κ1) is 15.0. The molecular weight excluding hydrogens is 266 g/mol. The Hall–Kier alpha value is -2.40. The Bertz CT molecular complexity index is 587. The summed E-state index contributed by atoms with van der Waals surface area (Å²) in [5.41, 5.74) is 7.51. The minimum Gasteiger partial charge on any atom is -0.483 e. The van der Waals surface area contributed by atoms with Crippen LogP contribution in [0.5, 0.6) is 5.75 Å². The molecule has 110 valence electrons. The second-order valence-corrected chi connectivity index (χ2v) is 4.67. The van der Waals surface area contributed by atoms with E-state index in [-0.39, 0.29) is 18.6 Å². The lowest BCUT2D eigenvalue weighted by molar-refractivity contribution is -0.123. The lowest BCUT2D eigenvalue weighted by Gasteiger charge is -2.15. The summed E-state index contributed by atoms with van der Waals surface area (Å²) in [6.45, 7) is 2.26. The largest absolute Gasteiger partial charge is 0.483 e. The van der Waals surface area contributed by atoms with Crippen molar-refractivity contribution in [3.05, 3.63) is 59.9 Å². The molecule has 1 atom stereocenters. The summed E-state index contributed by atoms with van der Waals surface area (Å²) in [4.78, 5) is 15.9. The molecule has 0 saturated heterocycles. The number of carbonyl (C=O) groups is 1. The van der Waals surface area contributed by atoms with Crippen molar-refractivity contribution in [2.24, 2.45) is 5.73 Å². The molecule has 21 heavy (non-hydrogen) atoms. The number of hydrogen-bond donors (Lipinski definition) is 2. The van der Waals surface area contributed by atoms with Crippen molar-refractivity contribution in [1.82, 2.24) is 10.3 Å². The molecule has 5 heteroatoms. The maximum atomic E-state index is 11.9. The summed E-state index contributed by atoms with van der Waals surface area (Å²) in [5, 5.41) is 2.88. The van der Waals surface area contributed by atoms with Crippen LogP contribution in [0.1, 0.15) is 24.1 Å². The van der Waals surface area contributed by atoms with Gasteiger partial charge in [-0.2, -0.15) is 0 Å². The lowest BCUT2D eigenvalue weighted by atomic mass is 10.1. The summed E-state index contributed by atoms with van der Waals surface area (Å²) < 4.78 is 5.52. The minimum absolute atomic E-state index is 0.0353. The van der Waals surface area contributed by atoms with Crippen LogP contribution in [0.4, 0.5) is 0 Å². The van der Waals surface area contributed by atoms with Crippen LogP contribution in [0.25, 0.3) is 0 Å². The molecule has 0 aliphatic rings. The van der Waals surface area contributed by atoms with Gasteiger partial charge in [0.05, 0.1) is 6.04 Å². The normalized spacial score (nSPS) is 11.7. The van der Waals surface area contributed by atoms with Crippen molar-refractivity contribution in [2.75, 3.05) is 6.61 Å². The first-order chi connectivity index (χ1) is 10.2. The number of para-hydroxylation sites is 1. The smallest absolute Gasteiger partial charge is 0.258 e. The van der Waals surface area contributed by atoms with Gasteiger partial charge in [0.1, 0.15) is 5.75 Å². The summed E-state index contributed by atoms with van der Waals surface area (Å²) in [5.74, 6) is 0.470. The molecule has 2 rings (SSSR count). The molecule has 5 nitrogen and oxygen atoms in total. The summed E-state index contributed by atoms with van der Waals surface area (Å²) in [6.07, 6.45) is 3.40. The number of rotatable bonds is 6. The Kier molecular flexibility index (Phi) is 5.29. The van der Waals surface area contributed by atoms with Gasteiger partial charge in [-0.1, -0.05) is 18.2 Å². The highest BCUT2D eigenvalue weighted by atomic mass is 16.5. The Morgan fingerprint density at radius 2 is 2.00 bits per heavy atom. The third-order valence-electron chi connectivity index (χ3n) is 3.13. The van der Waals surface area contributed by atoms with Gasteiger partial charge in [0.15, 0.2) is 6.61 Å². The lowest BCUT2D eigenvalue weighted by Crippen LogP contribution is -2.31. The van der Waals surface area contributed by atoms with E-state index in [1.807, 2.05) is 43.3 Å². The minimum atomic E-state index is -0.175. The Labute approximate surface area is 124 Å². The zero-order valence-electron chi connectivity index (χ0n) is 12.0. The van der Waals surface area contributed by atoms with Gasteiger partial charge in [-0.15, -0.1) is 0 Å². The topological polar surface area (TPSA) is 77.2 Å². The molecule has 0 aliphatic carbocycles. The number of nitrogens with two attached hydrogens (primary N) is 1. The number of hydrogen-bond acceptors (Lipinski definition) is 4.